The predicted molar refractivity (Wildman–Crippen MR) is 84.8 cm³/mol. The van der Waals surface area contributed by atoms with E-state index in [0.29, 0.717) is 23.3 Å². The number of aldehydes is 1. The van der Waals surface area contributed by atoms with Gasteiger partial charge in [-0.15, -0.1) is 0 Å². The van der Waals surface area contributed by atoms with Crippen LogP contribution in [0.3, 0.4) is 0 Å². The summed E-state index contributed by atoms with van der Waals surface area (Å²) in [6.07, 6.45) is 1.76. The van der Waals surface area contributed by atoms with E-state index in [-0.39, 0.29) is 12.3 Å². The number of carbonyl (C=O) groups is 2. The number of carbonyl (C=O) groups excluding carboxylic acids is 2. The topological polar surface area (TPSA) is 108 Å². The molecular formula is C15H19N4O4+. The van der Waals surface area contributed by atoms with Gasteiger partial charge < -0.3 is 14.8 Å². The lowest BCUT2D eigenvalue weighted by atomic mass is 10.2. The maximum atomic E-state index is 11.4. The Bertz CT molecular complexity index is 610. The van der Waals surface area contributed by atoms with Gasteiger partial charge in [-0.1, -0.05) is 13.2 Å². The molecule has 2 amide bonds. The number of rotatable bonds is 8. The van der Waals surface area contributed by atoms with Gasteiger partial charge in [-0.3, -0.25) is 0 Å². The Morgan fingerprint density at radius 2 is 2.09 bits per heavy atom. The summed E-state index contributed by atoms with van der Waals surface area (Å²) in [7, 11) is 1.43. The van der Waals surface area contributed by atoms with Crippen molar-refractivity contribution in [2.45, 2.75) is 0 Å². The fourth-order valence-corrected chi connectivity index (χ4v) is 1.51. The summed E-state index contributed by atoms with van der Waals surface area (Å²) >= 11 is 0. The monoisotopic (exact) mass is 319 g/mol. The SMILES string of the molecule is C=C(/C=N/N(CC=O)C(=O)NC)OC(=C)c1ccc([NH2+]O)cc1. The van der Waals surface area contributed by atoms with E-state index in [1.54, 1.807) is 24.3 Å². The van der Waals surface area contributed by atoms with Crippen molar-refractivity contribution in [1.29, 1.82) is 0 Å². The Balaban J connectivity index is 2.66. The quantitative estimate of drug-likeness (QED) is 0.214. The first kappa shape index (κ1) is 18.1. The van der Waals surface area contributed by atoms with E-state index < -0.39 is 6.03 Å². The molecule has 0 bridgehead atoms. The average molecular weight is 319 g/mol. The van der Waals surface area contributed by atoms with Crippen molar-refractivity contribution >= 4 is 30.0 Å². The van der Waals surface area contributed by atoms with E-state index in [1.165, 1.54) is 13.3 Å². The van der Waals surface area contributed by atoms with Gasteiger partial charge in [0.1, 0.15) is 24.3 Å². The van der Waals surface area contributed by atoms with Gasteiger partial charge in [0.15, 0.2) is 5.69 Å². The normalized spacial score (nSPS) is 10.2. The van der Waals surface area contributed by atoms with Crippen LogP contribution in [-0.4, -0.2) is 42.3 Å². The summed E-state index contributed by atoms with van der Waals surface area (Å²) in [5, 5.41) is 16.0. The number of ether oxygens (including phenoxy) is 1. The molecule has 8 nitrogen and oxygen atoms in total. The minimum Gasteiger partial charge on any atom is -0.456 e. The number of hydrogen-bond acceptors (Lipinski definition) is 5. The minimum atomic E-state index is -0.532. The number of nitrogens with one attached hydrogen (secondary N) is 1. The van der Waals surface area contributed by atoms with Gasteiger partial charge in [0.25, 0.3) is 0 Å². The molecule has 0 aromatic heterocycles. The van der Waals surface area contributed by atoms with Gasteiger partial charge in [-0.25, -0.2) is 15.0 Å². The number of benzene rings is 1. The second-order valence-corrected chi connectivity index (χ2v) is 4.29. The maximum absolute atomic E-state index is 11.4. The summed E-state index contributed by atoms with van der Waals surface area (Å²) < 4.78 is 5.39. The highest BCUT2D eigenvalue weighted by molar-refractivity contribution is 5.81. The van der Waals surface area contributed by atoms with Crippen LogP contribution in [0.2, 0.25) is 0 Å². The van der Waals surface area contributed by atoms with E-state index in [0.717, 1.165) is 10.5 Å². The molecule has 0 radical (unpaired) electrons. The number of hydrogen-bond donors (Lipinski definition) is 3. The minimum absolute atomic E-state index is 0.146. The highest BCUT2D eigenvalue weighted by Gasteiger charge is 2.09. The summed E-state index contributed by atoms with van der Waals surface area (Å²) in [5.74, 6) is 0.473. The van der Waals surface area contributed by atoms with Crippen LogP contribution in [0.4, 0.5) is 10.5 Å². The summed E-state index contributed by atoms with van der Waals surface area (Å²) in [5.41, 5.74) is 2.33. The van der Waals surface area contributed by atoms with Crippen LogP contribution in [0.25, 0.3) is 5.76 Å². The van der Waals surface area contributed by atoms with Crippen molar-refractivity contribution < 1.29 is 25.0 Å². The molecule has 0 aliphatic heterocycles. The Hall–Kier alpha value is -2.97. The van der Waals surface area contributed by atoms with Crippen molar-refractivity contribution in [2.75, 3.05) is 13.6 Å². The predicted octanol–water partition coefficient (Wildman–Crippen LogP) is 0.598. The molecule has 1 aromatic rings. The van der Waals surface area contributed by atoms with Gasteiger partial charge in [-0.2, -0.15) is 10.6 Å². The van der Waals surface area contributed by atoms with Crippen molar-refractivity contribution in [3.8, 4) is 0 Å². The van der Waals surface area contributed by atoms with Gasteiger partial charge in [0.2, 0.25) is 0 Å². The molecule has 0 fully saturated rings. The third kappa shape index (κ3) is 5.73. The molecule has 23 heavy (non-hydrogen) atoms. The zero-order valence-corrected chi connectivity index (χ0v) is 12.7. The fraction of sp³-hybridized carbons (Fsp3) is 0.133. The van der Waals surface area contributed by atoms with Crippen LogP contribution in [0.1, 0.15) is 5.56 Å². The average Bonchev–Trinajstić information content (AvgIpc) is 2.57. The molecule has 0 spiro atoms. The van der Waals surface area contributed by atoms with E-state index >= 15 is 0 Å². The first-order chi connectivity index (χ1) is 11.0. The van der Waals surface area contributed by atoms with Crippen LogP contribution in [0.15, 0.2) is 48.3 Å². The van der Waals surface area contributed by atoms with Crippen molar-refractivity contribution in [1.82, 2.24) is 10.3 Å². The first-order valence-corrected chi connectivity index (χ1v) is 6.62. The van der Waals surface area contributed by atoms with Gasteiger partial charge in [-0.05, 0) is 12.1 Å². The van der Waals surface area contributed by atoms with Gasteiger partial charge in [0.05, 0.1) is 6.21 Å². The Morgan fingerprint density at radius 1 is 1.43 bits per heavy atom. The third-order valence-electron chi connectivity index (χ3n) is 2.67. The molecule has 8 heteroatoms. The lowest BCUT2D eigenvalue weighted by Crippen LogP contribution is -2.73. The Labute approximate surface area is 133 Å². The summed E-state index contributed by atoms with van der Waals surface area (Å²) in [6.45, 7) is 7.22. The van der Waals surface area contributed by atoms with E-state index in [9.17, 15) is 9.59 Å². The van der Waals surface area contributed by atoms with E-state index in [1.807, 2.05) is 0 Å². The molecule has 1 aromatic carbocycles. The van der Waals surface area contributed by atoms with Crippen LogP contribution in [-0.2, 0) is 9.53 Å². The molecule has 0 aliphatic rings. The molecule has 0 saturated heterocycles. The first-order valence-electron chi connectivity index (χ1n) is 6.62. The second kappa shape index (κ2) is 9.13. The Kier molecular flexibility index (Phi) is 7.18. The maximum Gasteiger partial charge on any atom is 0.337 e. The van der Waals surface area contributed by atoms with Crippen molar-refractivity contribution in [2.24, 2.45) is 5.10 Å². The summed E-state index contributed by atoms with van der Waals surface area (Å²) in [4.78, 5) is 22.0. The zero-order chi connectivity index (χ0) is 17.2. The molecule has 0 atom stereocenters. The molecule has 1 rings (SSSR count). The molecule has 0 heterocycles. The van der Waals surface area contributed by atoms with Gasteiger partial charge in [0, 0.05) is 24.7 Å². The van der Waals surface area contributed by atoms with Crippen LogP contribution < -0.4 is 10.8 Å². The number of urea groups is 1. The van der Waals surface area contributed by atoms with Gasteiger partial charge >= 0.3 is 6.03 Å². The molecular weight excluding hydrogens is 300 g/mol. The lowest BCUT2D eigenvalue weighted by Gasteiger charge is -2.13. The lowest BCUT2D eigenvalue weighted by molar-refractivity contribution is -0.825. The number of allylic oxidation sites excluding steroid dienone is 1. The number of hydrazone groups is 1. The highest BCUT2D eigenvalue weighted by Crippen LogP contribution is 2.17. The number of nitrogens with two attached hydrogens (primary N) is 1. The molecule has 0 aliphatic carbocycles. The van der Waals surface area contributed by atoms with Crippen molar-refractivity contribution in [3.63, 3.8) is 0 Å². The zero-order valence-electron chi connectivity index (χ0n) is 12.7. The largest absolute Gasteiger partial charge is 0.456 e. The number of quaternary nitrogens is 1. The van der Waals surface area contributed by atoms with Crippen LogP contribution in [0, 0.1) is 0 Å². The Morgan fingerprint density at radius 3 is 2.61 bits per heavy atom. The summed E-state index contributed by atoms with van der Waals surface area (Å²) in [6, 6.07) is 6.29. The highest BCUT2D eigenvalue weighted by atomic mass is 16.5. The number of amides is 2. The molecule has 4 N–H and O–H groups in total. The molecule has 122 valence electrons. The second-order valence-electron chi connectivity index (χ2n) is 4.29. The standard InChI is InChI=1S/C15H18N4O4/c1-11(10-17-19(8-9-20)15(21)16-3)23-12(2)13-4-6-14(18-22)7-5-13/h4-7,9-10,18,22H,1-2,8H2,3H3,(H,16,21)/p+1/b17-10+. The number of nitrogens with zero attached hydrogens (tertiary/aromatic N) is 2. The third-order valence-corrected chi connectivity index (χ3v) is 2.67. The van der Waals surface area contributed by atoms with E-state index in [4.69, 9.17) is 9.94 Å². The van der Waals surface area contributed by atoms with Crippen LogP contribution in [0.5, 0.6) is 0 Å². The fourth-order valence-electron chi connectivity index (χ4n) is 1.51. The molecule has 0 saturated carbocycles. The smallest absolute Gasteiger partial charge is 0.337 e. The van der Waals surface area contributed by atoms with Crippen molar-refractivity contribution in [3.05, 3.63) is 48.7 Å². The molecule has 0 unspecified atom stereocenters. The van der Waals surface area contributed by atoms with Crippen LogP contribution >= 0.6 is 0 Å². The van der Waals surface area contributed by atoms with E-state index in [2.05, 4.69) is 23.6 Å².